The quantitative estimate of drug-likeness (QED) is 0.794. The standard InChI is InChI=1S/C14H21N3O3S/c1-3-11-12(13(18)19-2)15-16-17(11)10-4-6-20-14(8-10)5-7-21-9-14/h10H,3-9H2,1-2H3. The summed E-state index contributed by atoms with van der Waals surface area (Å²) in [4.78, 5) is 11.8. The Labute approximate surface area is 128 Å². The molecule has 0 saturated carbocycles. The molecule has 3 rings (SSSR count). The molecule has 2 fully saturated rings. The van der Waals surface area contributed by atoms with E-state index in [0.717, 1.165) is 49.5 Å². The fourth-order valence-corrected chi connectivity index (χ4v) is 4.64. The lowest BCUT2D eigenvalue weighted by molar-refractivity contribution is -0.0783. The minimum atomic E-state index is -0.406. The number of rotatable bonds is 3. The van der Waals surface area contributed by atoms with Crippen LogP contribution in [0.3, 0.4) is 0 Å². The Morgan fingerprint density at radius 1 is 1.62 bits per heavy atom. The third-order valence-corrected chi connectivity index (χ3v) is 5.61. The van der Waals surface area contributed by atoms with Gasteiger partial charge in [0.25, 0.3) is 0 Å². The molecule has 2 aliphatic heterocycles. The first kappa shape index (κ1) is 14.8. The van der Waals surface area contributed by atoms with E-state index in [4.69, 9.17) is 9.47 Å². The van der Waals surface area contributed by atoms with Gasteiger partial charge in [-0.15, -0.1) is 5.10 Å². The lowest BCUT2D eigenvalue weighted by atomic mass is 9.89. The Morgan fingerprint density at radius 2 is 2.48 bits per heavy atom. The van der Waals surface area contributed by atoms with Gasteiger partial charge >= 0.3 is 5.97 Å². The molecule has 2 unspecified atom stereocenters. The van der Waals surface area contributed by atoms with Gasteiger partial charge in [-0.1, -0.05) is 12.1 Å². The molecule has 0 bridgehead atoms. The summed E-state index contributed by atoms with van der Waals surface area (Å²) in [5.41, 5.74) is 1.21. The van der Waals surface area contributed by atoms with Gasteiger partial charge in [0.15, 0.2) is 5.69 Å². The maximum atomic E-state index is 11.8. The van der Waals surface area contributed by atoms with Crippen molar-refractivity contribution in [3.63, 3.8) is 0 Å². The fraction of sp³-hybridized carbons (Fsp3) is 0.786. The number of hydrogen-bond acceptors (Lipinski definition) is 6. The zero-order valence-electron chi connectivity index (χ0n) is 12.5. The van der Waals surface area contributed by atoms with Gasteiger partial charge in [-0.3, -0.25) is 0 Å². The number of methoxy groups -OCH3 is 1. The summed E-state index contributed by atoms with van der Waals surface area (Å²) in [6.45, 7) is 2.77. The fourth-order valence-electron chi connectivity index (χ4n) is 3.27. The highest BCUT2D eigenvalue weighted by Gasteiger charge is 2.42. The number of thioether (sulfide) groups is 1. The Morgan fingerprint density at radius 3 is 3.14 bits per heavy atom. The van der Waals surface area contributed by atoms with E-state index in [1.54, 1.807) is 0 Å². The van der Waals surface area contributed by atoms with Crippen LogP contribution in [0.15, 0.2) is 0 Å². The van der Waals surface area contributed by atoms with Crippen molar-refractivity contribution < 1.29 is 14.3 Å². The van der Waals surface area contributed by atoms with Crippen molar-refractivity contribution in [3.8, 4) is 0 Å². The summed E-state index contributed by atoms with van der Waals surface area (Å²) >= 11 is 1.96. The molecule has 2 aliphatic rings. The van der Waals surface area contributed by atoms with Crippen molar-refractivity contribution in [3.05, 3.63) is 11.4 Å². The molecule has 1 aromatic rings. The smallest absolute Gasteiger partial charge is 0.360 e. The van der Waals surface area contributed by atoms with Gasteiger partial charge in [0.1, 0.15) is 0 Å². The average Bonchev–Trinajstić information content (AvgIpc) is 3.13. The van der Waals surface area contributed by atoms with Crippen LogP contribution in [0.25, 0.3) is 0 Å². The second-order valence-corrected chi connectivity index (χ2v) is 6.76. The Kier molecular flexibility index (Phi) is 4.21. The molecule has 0 N–H and O–H groups in total. The Balaban J connectivity index is 1.86. The van der Waals surface area contributed by atoms with E-state index in [-0.39, 0.29) is 11.6 Å². The summed E-state index contributed by atoms with van der Waals surface area (Å²) in [5, 5.41) is 8.28. The van der Waals surface area contributed by atoms with Crippen LogP contribution >= 0.6 is 11.8 Å². The van der Waals surface area contributed by atoms with Crippen molar-refractivity contribution in [2.24, 2.45) is 0 Å². The molecular formula is C14H21N3O3S. The highest BCUT2D eigenvalue weighted by atomic mass is 32.2. The zero-order valence-corrected chi connectivity index (χ0v) is 13.3. The van der Waals surface area contributed by atoms with Gasteiger partial charge in [0, 0.05) is 12.4 Å². The van der Waals surface area contributed by atoms with Gasteiger partial charge in [-0.05, 0) is 31.4 Å². The number of ether oxygens (including phenoxy) is 2. The van der Waals surface area contributed by atoms with E-state index in [9.17, 15) is 4.79 Å². The van der Waals surface area contributed by atoms with E-state index in [1.165, 1.54) is 7.11 Å². The van der Waals surface area contributed by atoms with Crippen LogP contribution in [-0.2, 0) is 15.9 Å². The summed E-state index contributed by atoms with van der Waals surface area (Å²) in [7, 11) is 1.37. The van der Waals surface area contributed by atoms with Crippen molar-refractivity contribution in [1.29, 1.82) is 0 Å². The maximum Gasteiger partial charge on any atom is 0.360 e. The molecule has 0 aliphatic carbocycles. The minimum absolute atomic E-state index is 0.00399. The highest BCUT2D eigenvalue weighted by molar-refractivity contribution is 7.99. The van der Waals surface area contributed by atoms with Gasteiger partial charge in [-0.25, -0.2) is 9.48 Å². The van der Waals surface area contributed by atoms with Crippen molar-refractivity contribution in [1.82, 2.24) is 15.0 Å². The molecule has 116 valence electrons. The molecule has 0 radical (unpaired) electrons. The molecule has 6 nitrogen and oxygen atoms in total. The largest absolute Gasteiger partial charge is 0.464 e. The van der Waals surface area contributed by atoms with E-state index in [1.807, 2.05) is 23.4 Å². The van der Waals surface area contributed by atoms with Gasteiger partial charge in [-0.2, -0.15) is 11.8 Å². The first-order valence-electron chi connectivity index (χ1n) is 7.43. The van der Waals surface area contributed by atoms with E-state index in [2.05, 4.69) is 10.3 Å². The molecule has 2 saturated heterocycles. The van der Waals surface area contributed by atoms with Crippen LogP contribution in [-0.4, -0.2) is 51.8 Å². The van der Waals surface area contributed by atoms with Gasteiger partial charge in [0.05, 0.1) is 24.4 Å². The van der Waals surface area contributed by atoms with Crippen LogP contribution in [0, 0.1) is 0 Å². The Bertz CT molecular complexity index is 526. The van der Waals surface area contributed by atoms with Crippen LogP contribution in [0.2, 0.25) is 0 Å². The number of nitrogens with zero attached hydrogens (tertiary/aromatic N) is 3. The molecule has 1 aromatic heterocycles. The Hall–Kier alpha value is -1.08. The van der Waals surface area contributed by atoms with Gasteiger partial charge in [0.2, 0.25) is 0 Å². The number of aromatic nitrogens is 3. The highest BCUT2D eigenvalue weighted by Crippen LogP contribution is 2.42. The van der Waals surface area contributed by atoms with Crippen LogP contribution in [0.4, 0.5) is 0 Å². The lowest BCUT2D eigenvalue weighted by Crippen LogP contribution is -2.41. The van der Waals surface area contributed by atoms with E-state index < -0.39 is 5.97 Å². The normalized spacial score (nSPS) is 29.0. The lowest BCUT2D eigenvalue weighted by Gasteiger charge is -2.38. The van der Waals surface area contributed by atoms with Gasteiger partial charge < -0.3 is 9.47 Å². The first-order valence-corrected chi connectivity index (χ1v) is 8.58. The van der Waals surface area contributed by atoms with E-state index in [0.29, 0.717) is 5.69 Å². The van der Waals surface area contributed by atoms with Crippen molar-refractivity contribution in [2.45, 2.75) is 44.2 Å². The third-order valence-electron chi connectivity index (χ3n) is 4.38. The first-order chi connectivity index (χ1) is 10.2. The van der Waals surface area contributed by atoms with Crippen LogP contribution < -0.4 is 0 Å². The summed E-state index contributed by atoms with van der Waals surface area (Å²) in [6.07, 6.45) is 3.70. The third kappa shape index (κ3) is 2.68. The monoisotopic (exact) mass is 311 g/mol. The molecule has 3 heterocycles. The average molecular weight is 311 g/mol. The summed E-state index contributed by atoms with van der Waals surface area (Å²) < 4.78 is 12.8. The van der Waals surface area contributed by atoms with Crippen molar-refractivity contribution >= 4 is 17.7 Å². The second kappa shape index (κ2) is 5.96. The van der Waals surface area contributed by atoms with Crippen molar-refractivity contribution in [2.75, 3.05) is 25.2 Å². The number of carbonyl (C=O) groups excluding carboxylic acids is 1. The predicted octanol–water partition coefficient (Wildman–Crippen LogP) is 1.85. The predicted molar refractivity (Wildman–Crippen MR) is 79.6 cm³/mol. The second-order valence-electron chi connectivity index (χ2n) is 5.66. The number of esters is 1. The molecule has 0 amide bonds. The zero-order chi connectivity index (χ0) is 14.9. The summed E-state index contributed by atoms with van der Waals surface area (Å²) in [5.74, 6) is 1.82. The topological polar surface area (TPSA) is 66.2 Å². The summed E-state index contributed by atoms with van der Waals surface area (Å²) in [6, 6.07) is 0.262. The molecule has 1 spiro atoms. The van der Waals surface area contributed by atoms with Crippen LogP contribution in [0.1, 0.15) is 48.4 Å². The minimum Gasteiger partial charge on any atom is -0.464 e. The number of hydrogen-bond donors (Lipinski definition) is 0. The number of carbonyl (C=O) groups is 1. The molecule has 0 aromatic carbocycles. The molecule has 7 heteroatoms. The molecule has 2 atom stereocenters. The molecular weight excluding hydrogens is 290 g/mol. The SMILES string of the molecule is CCc1c(C(=O)OC)nnn1C1CCOC2(CCSC2)C1. The van der Waals surface area contributed by atoms with Crippen LogP contribution in [0.5, 0.6) is 0 Å². The molecule has 21 heavy (non-hydrogen) atoms. The maximum absolute atomic E-state index is 11.8. The van der Waals surface area contributed by atoms with E-state index >= 15 is 0 Å².